The van der Waals surface area contributed by atoms with Crippen LogP contribution in [-0.4, -0.2) is 34.7 Å². The van der Waals surface area contributed by atoms with Gasteiger partial charge in [-0.05, 0) is 43.2 Å². The van der Waals surface area contributed by atoms with Crippen LogP contribution in [0.4, 0.5) is 26.3 Å². The molecule has 2 aliphatic rings. The number of halogens is 6. The van der Waals surface area contributed by atoms with E-state index in [2.05, 4.69) is 9.97 Å². The van der Waals surface area contributed by atoms with Crippen LogP contribution in [0.5, 0.6) is 0 Å². The molecule has 0 amide bonds. The molecule has 5 rings (SSSR count). The van der Waals surface area contributed by atoms with E-state index in [1.54, 1.807) is 23.0 Å². The van der Waals surface area contributed by atoms with E-state index >= 15 is 0 Å². The van der Waals surface area contributed by atoms with Gasteiger partial charge in [-0.25, -0.2) is 13.4 Å². The summed E-state index contributed by atoms with van der Waals surface area (Å²) in [7, 11) is -4.58. The lowest BCUT2D eigenvalue weighted by Crippen LogP contribution is -2.47. The van der Waals surface area contributed by atoms with E-state index in [1.807, 2.05) is 6.07 Å². The molecule has 0 spiro atoms. The van der Waals surface area contributed by atoms with Gasteiger partial charge in [0.15, 0.2) is 0 Å². The number of aromatic nitrogens is 3. The number of alkyl halides is 6. The van der Waals surface area contributed by atoms with E-state index in [9.17, 15) is 40.0 Å². The van der Waals surface area contributed by atoms with Crippen LogP contribution in [0, 0.1) is 11.3 Å². The van der Waals surface area contributed by atoms with Crippen LogP contribution in [-0.2, 0) is 16.2 Å². The summed E-state index contributed by atoms with van der Waals surface area (Å²) in [6.45, 7) is 0. The minimum atomic E-state index is -4.76. The maximum Gasteiger partial charge on any atom is 0.417 e. The average Bonchev–Trinajstić information content (AvgIpc) is 3.47. The van der Waals surface area contributed by atoms with Crippen molar-refractivity contribution < 1.29 is 34.8 Å². The molecule has 186 valence electrons. The Bertz CT molecular complexity index is 1610. The van der Waals surface area contributed by atoms with Gasteiger partial charge in [-0.15, -0.1) is 0 Å². The fourth-order valence-corrected chi connectivity index (χ4v) is 5.21. The third-order valence-electron chi connectivity index (χ3n) is 5.95. The van der Waals surface area contributed by atoms with Crippen LogP contribution in [0.15, 0.2) is 53.7 Å². The second-order valence-corrected chi connectivity index (χ2v) is 9.96. The molecule has 7 nitrogen and oxygen atoms in total. The van der Waals surface area contributed by atoms with Crippen molar-refractivity contribution in [2.45, 2.75) is 35.6 Å². The predicted octanol–water partition coefficient (Wildman–Crippen LogP) is 4.77. The summed E-state index contributed by atoms with van der Waals surface area (Å²) >= 11 is 0. The summed E-state index contributed by atoms with van der Waals surface area (Å²) in [5.74, 6) is 0. The van der Waals surface area contributed by atoms with Crippen LogP contribution in [0.25, 0.3) is 28.1 Å². The fourth-order valence-electron chi connectivity index (χ4n) is 3.82. The zero-order valence-corrected chi connectivity index (χ0v) is 18.6. The van der Waals surface area contributed by atoms with Gasteiger partial charge in [0.1, 0.15) is 22.2 Å². The highest BCUT2D eigenvalue weighted by Gasteiger charge is 2.65. The summed E-state index contributed by atoms with van der Waals surface area (Å²) in [4.78, 5) is 7.40. The first-order chi connectivity index (χ1) is 16.8. The minimum absolute atomic E-state index is 0.00946. The van der Waals surface area contributed by atoms with Crippen LogP contribution >= 0.6 is 0 Å². The average molecular weight is 525 g/mol. The highest BCUT2D eigenvalue weighted by atomic mass is 32.2. The number of fused-ring (bicyclic) bond motifs is 1. The number of hydrogen-bond acceptors (Lipinski definition) is 5. The molecule has 2 aliphatic carbocycles. The van der Waals surface area contributed by atoms with Gasteiger partial charge in [0.2, 0.25) is 10.0 Å². The summed E-state index contributed by atoms with van der Waals surface area (Å²) in [6.07, 6.45) is -3.88. The number of nitrogens with one attached hydrogen (secondary N) is 1. The van der Waals surface area contributed by atoms with Crippen LogP contribution in [0.2, 0.25) is 0 Å². The number of pyridine rings is 2. The molecule has 14 heteroatoms. The molecule has 3 aromatic rings. The lowest BCUT2D eigenvalue weighted by Gasteiger charge is -2.20. The molecule has 3 heterocycles. The maximum atomic E-state index is 13.3. The molecule has 0 saturated heterocycles. The summed E-state index contributed by atoms with van der Waals surface area (Å²) < 4.78 is 108. The molecule has 1 saturated carbocycles. The van der Waals surface area contributed by atoms with Crippen molar-refractivity contribution in [2.75, 3.05) is 0 Å². The lowest BCUT2D eigenvalue weighted by molar-refractivity contribution is -0.160. The van der Waals surface area contributed by atoms with Gasteiger partial charge >= 0.3 is 12.4 Å². The second-order valence-electron chi connectivity index (χ2n) is 8.28. The zero-order chi connectivity index (χ0) is 26.1. The molecular formula is C22H13F6N5O2S. The van der Waals surface area contributed by atoms with Crippen LogP contribution in [0.3, 0.4) is 0 Å². The van der Waals surface area contributed by atoms with E-state index in [0.717, 1.165) is 18.3 Å². The Morgan fingerprint density at radius 1 is 1.08 bits per heavy atom. The van der Waals surface area contributed by atoms with Crippen LogP contribution in [0.1, 0.15) is 24.0 Å². The van der Waals surface area contributed by atoms with E-state index in [0.29, 0.717) is 11.9 Å². The smallest absolute Gasteiger partial charge is 0.291 e. The Hall–Kier alpha value is -3.70. The molecule has 1 fully saturated rings. The summed E-state index contributed by atoms with van der Waals surface area (Å²) in [5, 5.41) is 9.71. The standard InChI is InChI=1S/C22H13F6N5O2S/c23-21(24,25)12-8-15-16(9-29)18(33(13-2-1-3-13)19(15)31-10-12)17-5-4-14(11-30-17)36(34,35)32-20(6-7-20)22(26,27)28/h1-5,8,10-11,32H,6-7H2. The molecule has 3 aromatic heterocycles. The topological polar surface area (TPSA) is 101 Å². The van der Waals surface area contributed by atoms with Gasteiger partial charge in [-0.2, -0.15) is 36.3 Å². The Morgan fingerprint density at radius 2 is 1.78 bits per heavy atom. The first-order valence-electron chi connectivity index (χ1n) is 10.3. The zero-order valence-electron chi connectivity index (χ0n) is 17.8. The SMILES string of the molecule is N#Cc1c(-c2ccc(S(=O)(=O)NC3(C(F)(F)F)CC3)cn2)n(C2=CC=C2)c2ncc(C(F)(F)F)cc12. The molecule has 0 radical (unpaired) electrons. The number of nitriles is 1. The van der Waals surface area contributed by atoms with E-state index < -0.39 is 38.4 Å². The third-order valence-corrected chi connectivity index (χ3v) is 7.47. The van der Waals surface area contributed by atoms with Crippen molar-refractivity contribution in [3.8, 4) is 17.5 Å². The fraction of sp³-hybridized carbons (Fsp3) is 0.227. The second kappa shape index (κ2) is 7.65. The largest absolute Gasteiger partial charge is 0.417 e. The highest BCUT2D eigenvalue weighted by Crippen LogP contribution is 2.49. The number of sulfonamides is 1. The van der Waals surface area contributed by atoms with Gasteiger partial charge in [-0.3, -0.25) is 9.55 Å². The van der Waals surface area contributed by atoms with Crippen molar-refractivity contribution in [1.29, 1.82) is 5.26 Å². The predicted molar refractivity (Wildman–Crippen MR) is 114 cm³/mol. The Labute approximate surface area is 199 Å². The molecule has 0 unspecified atom stereocenters. The summed E-state index contributed by atoms with van der Waals surface area (Å²) in [5.41, 5.74) is -3.16. The molecule has 36 heavy (non-hydrogen) atoms. The van der Waals surface area contributed by atoms with Gasteiger partial charge in [0.05, 0.1) is 22.5 Å². The molecule has 0 bridgehead atoms. The number of nitrogens with zero attached hydrogens (tertiary/aromatic N) is 4. The first-order valence-corrected chi connectivity index (χ1v) is 11.7. The Balaban J connectivity index is 1.61. The van der Waals surface area contributed by atoms with Gasteiger partial charge in [0.25, 0.3) is 0 Å². The number of hydrogen-bond donors (Lipinski definition) is 1. The minimum Gasteiger partial charge on any atom is -0.291 e. The molecule has 1 N–H and O–H groups in total. The van der Waals surface area contributed by atoms with Crippen molar-refractivity contribution in [3.05, 3.63) is 59.9 Å². The molecular weight excluding hydrogens is 512 g/mol. The van der Waals surface area contributed by atoms with Crippen molar-refractivity contribution >= 4 is 26.8 Å². The van der Waals surface area contributed by atoms with Crippen molar-refractivity contribution in [2.24, 2.45) is 0 Å². The van der Waals surface area contributed by atoms with E-state index in [4.69, 9.17) is 0 Å². The number of rotatable bonds is 5. The highest BCUT2D eigenvalue weighted by molar-refractivity contribution is 7.89. The van der Waals surface area contributed by atoms with Crippen molar-refractivity contribution in [3.63, 3.8) is 0 Å². The van der Waals surface area contributed by atoms with Crippen molar-refractivity contribution in [1.82, 2.24) is 19.3 Å². The van der Waals surface area contributed by atoms with E-state index in [-0.39, 0.29) is 40.8 Å². The maximum absolute atomic E-state index is 13.3. The van der Waals surface area contributed by atoms with Gasteiger partial charge in [0, 0.05) is 23.5 Å². The Morgan fingerprint density at radius 3 is 2.25 bits per heavy atom. The van der Waals surface area contributed by atoms with Gasteiger partial charge < -0.3 is 0 Å². The van der Waals surface area contributed by atoms with Crippen LogP contribution < -0.4 is 4.72 Å². The molecule has 0 aliphatic heterocycles. The molecule has 0 aromatic carbocycles. The number of allylic oxidation sites excluding steroid dienone is 4. The monoisotopic (exact) mass is 525 g/mol. The Kier molecular flexibility index (Phi) is 5.10. The normalized spacial score (nSPS) is 17.0. The molecule has 0 atom stereocenters. The van der Waals surface area contributed by atoms with Gasteiger partial charge in [-0.1, -0.05) is 6.08 Å². The van der Waals surface area contributed by atoms with E-state index in [1.165, 1.54) is 10.6 Å². The lowest BCUT2D eigenvalue weighted by atomic mass is 10.1. The summed E-state index contributed by atoms with van der Waals surface area (Å²) in [6, 6.07) is 4.84. The first kappa shape index (κ1) is 24.0. The third kappa shape index (κ3) is 3.75. The quantitative estimate of drug-likeness (QED) is 0.484.